The van der Waals surface area contributed by atoms with E-state index < -0.39 is 18.0 Å². The third-order valence-corrected chi connectivity index (χ3v) is 0.447. The van der Waals surface area contributed by atoms with E-state index in [0.29, 0.717) is 0 Å². The molecular formula is C3H2AgO5-2. The van der Waals surface area contributed by atoms with Crippen LogP contribution < -0.4 is 10.2 Å². The molecule has 6 heteroatoms. The molecular weight excluding hydrogens is 224 g/mol. The van der Waals surface area contributed by atoms with Crippen molar-refractivity contribution >= 4 is 11.9 Å². The number of carboxylic acid groups (broad SMARTS) is 2. The molecule has 0 amide bonds. The molecule has 0 aliphatic carbocycles. The maximum atomic E-state index is 9.36. The average Bonchev–Trinajstić information content (AvgIpc) is 1.64. The molecule has 0 heterocycles. The van der Waals surface area contributed by atoms with E-state index in [1.54, 1.807) is 0 Å². The van der Waals surface area contributed by atoms with Crippen molar-refractivity contribution in [3.05, 3.63) is 0 Å². The van der Waals surface area contributed by atoms with Gasteiger partial charge in [-0.25, -0.2) is 0 Å². The van der Waals surface area contributed by atoms with Crippen LogP contribution in [0.15, 0.2) is 0 Å². The van der Waals surface area contributed by atoms with Crippen LogP contribution in [0.3, 0.4) is 0 Å². The normalized spacial score (nSPS) is 8.22. The number of hydrogen-bond acceptors (Lipinski definition) is 5. The SMILES string of the molecule is O=C([O-])C(O)C(=O)[O-].[Ag]. The molecule has 0 aliphatic rings. The standard InChI is InChI=1S/C3H4O5.Ag/c4-1(2(5)6)3(7)8;/h1,4H,(H,5,6)(H,7,8);/p-2. The molecule has 0 aromatic rings. The summed E-state index contributed by atoms with van der Waals surface area (Å²) in [5, 5.41) is 26.6. The number of rotatable bonds is 2. The zero-order chi connectivity index (χ0) is 6.73. The smallest absolute Gasteiger partial charge is 0.133 e. The number of aliphatic hydroxyl groups is 1. The Bertz CT molecular complexity index is 107. The van der Waals surface area contributed by atoms with E-state index >= 15 is 0 Å². The summed E-state index contributed by atoms with van der Waals surface area (Å²) in [6.45, 7) is 0. The molecule has 0 aromatic carbocycles. The fraction of sp³-hybridized carbons (Fsp3) is 0.333. The second-order valence-electron chi connectivity index (χ2n) is 1.04. The van der Waals surface area contributed by atoms with Gasteiger partial charge in [0, 0.05) is 22.4 Å². The fourth-order valence-electron chi connectivity index (χ4n) is 0.0962. The first-order chi connectivity index (χ1) is 3.55. The number of hydrogen-bond donors (Lipinski definition) is 1. The molecule has 0 spiro atoms. The third-order valence-electron chi connectivity index (χ3n) is 0.447. The Balaban J connectivity index is 0. The molecule has 57 valence electrons. The molecule has 0 rings (SSSR count). The van der Waals surface area contributed by atoms with Gasteiger partial charge in [-0.05, 0) is 0 Å². The van der Waals surface area contributed by atoms with Gasteiger partial charge < -0.3 is 24.9 Å². The Labute approximate surface area is 65.8 Å². The first kappa shape index (κ1) is 11.4. The average molecular weight is 226 g/mol. The molecule has 5 nitrogen and oxygen atoms in total. The molecule has 0 atom stereocenters. The molecule has 0 aliphatic heterocycles. The van der Waals surface area contributed by atoms with Gasteiger partial charge in [0.25, 0.3) is 0 Å². The molecule has 0 aromatic heterocycles. The summed E-state index contributed by atoms with van der Waals surface area (Å²) < 4.78 is 0. The summed E-state index contributed by atoms with van der Waals surface area (Å²) >= 11 is 0. The minimum Gasteiger partial charge on any atom is -0.547 e. The van der Waals surface area contributed by atoms with Crippen LogP contribution in [0.1, 0.15) is 0 Å². The minimum absolute atomic E-state index is 0. The zero-order valence-corrected chi connectivity index (χ0v) is 5.44. The van der Waals surface area contributed by atoms with Crippen LogP contribution in [0.5, 0.6) is 0 Å². The predicted molar refractivity (Wildman–Crippen MR) is 16.0 cm³/mol. The maximum Gasteiger partial charge on any atom is 0.133 e. The summed E-state index contributed by atoms with van der Waals surface area (Å²) in [5.41, 5.74) is 0. The van der Waals surface area contributed by atoms with Crippen LogP contribution >= 0.6 is 0 Å². The summed E-state index contributed by atoms with van der Waals surface area (Å²) in [5.74, 6) is -4.13. The second kappa shape index (κ2) is 4.51. The Kier molecular flexibility index (Phi) is 5.74. The molecule has 9 heavy (non-hydrogen) atoms. The van der Waals surface area contributed by atoms with E-state index in [1.807, 2.05) is 0 Å². The number of carbonyl (C=O) groups excluding carboxylic acids is 2. The summed E-state index contributed by atoms with van der Waals surface area (Å²) in [6, 6.07) is 0. The molecule has 0 saturated heterocycles. The van der Waals surface area contributed by atoms with E-state index in [1.165, 1.54) is 0 Å². The number of carboxylic acids is 2. The Morgan fingerprint density at radius 1 is 1.22 bits per heavy atom. The van der Waals surface area contributed by atoms with E-state index in [2.05, 4.69) is 0 Å². The van der Waals surface area contributed by atoms with Gasteiger partial charge in [-0.1, -0.05) is 0 Å². The molecule has 0 unspecified atom stereocenters. The van der Waals surface area contributed by atoms with Gasteiger partial charge in [0.1, 0.15) is 6.10 Å². The van der Waals surface area contributed by atoms with Crippen molar-refractivity contribution in [3.8, 4) is 0 Å². The molecule has 0 bridgehead atoms. The molecule has 0 fully saturated rings. The van der Waals surface area contributed by atoms with Crippen LogP contribution in [0.25, 0.3) is 0 Å². The van der Waals surface area contributed by atoms with Crippen LogP contribution in [0.4, 0.5) is 0 Å². The van der Waals surface area contributed by atoms with Crippen molar-refractivity contribution in [2.45, 2.75) is 6.10 Å². The maximum absolute atomic E-state index is 9.36. The van der Waals surface area contributed by atoms with Crippen molar-refractivity contribution in [3.63, 3.8) is 0 Å². The third kappa shape index (κ3) is 4.16. The second-order valence-corrected chi connectivity index (χ2v) is 1.04. The van der Waals surface area contributed by atoms with Gasteiger partial charge in [0.2, 0.25) is 0 Å². The van der Waals surface area contributed by atoms with Crippen molar-refractivity contribution in [1.82, 2.24) is 0 Å². The van der Waals surface area contributed by atoms with Crippen LogP contribution in [0, 0.1) is 0 Å². The van der Waals surface area contributed by atoms with Crippen LogP contribution in [-0.4, -0.2) is 23.1 Å². The monoisotopic (exact) mass is 225 g/mol. The molecule has 1 radical (unpaired) electrons. The zero-order valence-electron chi connectivity index (χ0n) is 3.96. The van der Waals surface area contributed by atoms with E-state index in [9.17, 15) is 19.8 Å². The topological polar surface area (TPSA) is 100 Å². The van der Waals surface area contributed by atoms with Crippen molar-refractivity contribution < 1.29 is 47.3 Å². The first-order valence-corrected chi connectivity index (χ1v) is 1.65. The molecule has 0 saturated carbocycles. The number of aliphatic hydroxyl groups excluding tert-OH is 1. The van der Waals surface area contributed by atoms with Gasteiger partial charge in [0.15, 0.2) is 0 Å². The predicted octanol–water partition coefficient (Wildman–Crippen LogP) is -4.16. The quantitative estimate of drug-likeness (QED) is 0.380. The Morgan fingerprint density at radius 3 is 1.44 bits per heavy atom. The van der Waals surface area contributed by atoms with Crippen LogP contribution in [0.2, 0.25) is 0 Å². The fourth-order valence-corrected chi connectivity index (χ4v) is 0.0962. The Morgan fingerprint density at radius 2 is 1.44 bits per heavy atom. The van der Waals surface area contributed by atoms with E-state index in [4.69, 9.17) is 5.11 Å². The number of carbonyl (C=O) groups is 2. The number of aliphatic carboxylic acids is 2. The first-order valence-electron chi connectivity index (χ1n) is 1.65. The van der Waals surface area contributed by atoms with Gasteiger partial charge in [-0.2, -0.15) is 0 Å². The van der Waals surface area contributed by atoms with Gasteiger partial charge in [-0.15, -0.1) is 0 Å². The summed E-state index contributed by atoms with van der Waals surface area (Å²) in [7, 11) is 0. The van der Waals surface area contributed by atoms with Crippen molar-refractivity contribution in [2.24, 2.45) is 0 Å². The van der Waals surface area contributed by atoms with E-state index in [-0.39, 0.29) is 22.4 Å². The summed E-state index contributed by atoms with van der Waals surface area (Å²) in [4.78, 5) is 18.7. The van der Waals surface area contributed by atoms with Crippen molar-refractivity contribution in [2.75, 3.05) is 0 Å². The summed E-state index contributed by atoms with van der Waals surface area (Å²) in [6.07, 6.45) is -2.52. The van der Waals surface area contributed by atoms with E-state index in [0.717, 1.165) is 0 Å². The van der Waals surface area contributed by atoms with Gasteiger partial charge >= 0.3 is 0 Å². The van der Waals surface area contributed by atoms with Crippen LogP contribution in [-0.2, 0) is 32.0 Å². The van der Waals surface area contributed by atoms with Gasteiger partial charge in [-0.3, -0.25) is 0 Å². The largest absolute Gasteiger partial charge is 0.547 e. The van der Waals surface area contributed by atoms with Gasteiger partial charge in [0.05, 0.1) is 11.9 Å². The van der Waals surface area contributed by atoms with Crippen molar-refractivity contribution in [1.29, 1.82) is 0 Å². The Hall–Kier alpha value is -0.360. The minimum atomic E-state index is -2.52. The molecule has 1 N–H and O–H groups in total.